The highest BCUT2D eigenvalue weighted by atomic mass is 35.5. The molecule has 1 amide bonds. The lowest BCUT2D eigenvalue weighted by Crippen LogP contribution is -2.51. The van der Waals surface area contributed by atoms with Gasteiger partial charge in [-0.1, -0.05) is 18.5 Å². The number of amides is 1. The second-order valence-corrected chi connectivity index (χ2v) is 9.30. The van der Waals surface area contributed by atoms with E-state index >= 15 is 0 Å². The van der Waals surface area contributed by atoms with Crippen molar-refractivity contribution in [3.8, 4) is 11.4 Å². The molecule has 0 aliphatic carbocycles. The topological polar surface area (TPSA) is 84.2 Å². The predicted molar refractivity (Wildman–Crippen MR) is 133 cm³/mol. The molecule has 2 aromatic carbocycles. The summed E-state index contributed by atoms with van der Waals surface area (Å²) in [6, 6.07) is 10.1. The predicted octanol–water partition coefficient (Wildman–Crippen LogP) is 5.74. The van der Waals surface area contributed by atoms with Crippen molar-refractivity contribution >= 4 is 34.6 Å². The summed E-state index contributed by atoms with van der Waals surface area (Å²) in [5.41, 5.74) is 2.48. The van der Waals surface area contributed by atoms with Gasteiger partial charge in [0.25, 0.3) is 11.9 Å². The molecular formula is C26H25ClFN5O2. The van der Waals surface area contributed by atoms with E-state index in [1.807, 2.05) is 4.90 Å². The van der Waals surface area contributed by atoms with Crippen LogP contribution in [0.15, 0.2) is 53.2 Å². The third-order valence-electron chi connectivity index (χ3n) is 6.61. The fourth-order valence-corrected chi connectivity index (χ4v) is 4.88. The van der Waals surface area contributed by atoms with Gasteiger partial charge in [0.05, 0.1) is 11.6 Å². The SMILES string of the molecule is Cc1c(F)ccc(C(=O)N2CCCC(C)C2CNc2nc3ccc(Cl)cc3o2)c1-c1ncccn1. The van der Waals surface area contributed by atoms with Crippen LogP contribution >= 0.6 is 11.6 Å². The maximum atomic E-state index is 14.5. The Kier molecular flexibility index (Phi) is 6.38. The fraction of sp³-hybridized carbons (Fsp3) is 0.308. The molecule has 4 aromatic rings. The monoisotopic (exact) mass is 493 g/mol. The smallest absolute Gasteiger partial charge is 0.295 e. The molecule has 5 rings (SSSR count). The second-order valence-electron chi connectivity index (χ2n) is 8.86. The van der Waals surface area contributed by atoms with E-state index in [1.54, 1.807) is 43.6 Å². The molecule has 0 spiro atoms. The molecule has 9 heteroatoms. The minimum Gasteiger partial charge on any atom is -0.424 e. The molecule has 1 aliphatic rings. The minimum atomic E-state index is -0.398. The maximum Gasteiger partial charge on any atom is 0.295 e. The van der Waals surface area contributed by atoms with Crippen molar-refractivity contribution < 1.29 is 13.6 Å². The first-order valence-corrected chi connectivity index (χ1v) is 12.0. The van der Waals surface area contributed by atoms with E-state index in [4.69, 9.17) is 16.0 Å². The van der Waals surface area contributed by atoms with E-state index < -0.39 is 5.82 Å². The second kappa shape index (κ2) is 9.62. The lowest BCUT2D eigenvalue weighted by Gasteiger charge is -2.40. The van der Waals surface area contributed by atoms with Crippen LogP contribution in [0.3, 0.4) is 0 Å². The Morgan fingerprint density at radius 2 is 2.06 bits per heavy atom. The Balaban J connectivity index is 1.44. The highest BCUT2D eigenvalue weighted by Gasteiger charge is 2.34. The number of likely N-dealkylation sites (tertiary alicyclic amines) is 1. The molecule has 2 atom stereocenters. The average molecular weight is 494 g/mol. The number of anilines is 1. The van der Waals surface area contributed by atoms with Crippen LogP contribution < -0.4 is 5.32 Å². The first-order valence-electron chi connectivity index (χ1n) is 11.6. The Labute approximate surface area is 207 Å². The number of hydrogen-bond acceptors (Lipinski definition) is 6. The molecule has 180 valence electrons. The minimum absolute atomic E-state index is 0.107. The maximum absolute atomic E-state index is 14.5. The van der Waals surface area contributed by atoms with Crippen molar-refractivity contribution in [1.29, 1.82) is 0 Å². The molecule has 35 heavy (non-hydrogen) atoms. The van der Waals surface area contributed by atoms with Crippen LogP contribution in [0.2, 0.25) is 5.02 Å². The van der Waals surface area contributed by atoms with Gasteiger partial charge in [0, 0.05) is 42.1 Å². The number of rotatable bonds is 5. The summed E-state index contributed by atoms with van der Waals surface area (Å²) in [7, 11) is 0. The van der Waals surface area contributed by atoms with Crippen molar-refractivity contribution in [2.24, 2.45) is 5.92 Å². The van der Waals surface area contributed by atoms with Crippen LogP contribution in [-0.4, -0.2) is 44.9 Å². The zero-order valence-electron chi connectivity index (χ0n) is 19.5. The molecule has 1 N–H and O–H groups in total. The highest BCUT2D eigenvalue weighted by molar-refractivity contribution is 6.31. The summed E-state index contributed by atoms with van der Waals surface area (Å²) in [6.07, 6.45) is 5.06. The summed E-state index contributed by atoms with van der Waals surface area (Å²) in [4.78, 5) is 28.8. The molecule has 0 radical (unpaired) electrons. The van der Waals surface area contributed by atoms with Gasteiger partial charge in [-0.05, 0) is 61.6 Å². The van der Waals surface area contributed by atoms with E-state index in [-0.39, 0.29) is 17.9 Å². The highest BCUT2D eigenvalue weighted by Crippen LogP contribution is 2.31. The molecular weight excluding hydrogens is 469 g/mol. The van der Waals surface area contributed by atoms with Crippen molar-refractivity contribution in [3.05, 3.63) is 70.8 Å². The van der Waals surface area contributed by atoms with Crippen LogP contribution in [0.1, 0.15) is 35.7 Å². The van der Waals surface area contributed by atoms with Crippen LogP contribution in [0.4, 0.5) is 10.4 Å². The van der Waals surface area contributed by atoms with E-state index in [0.717, 1.165) is 12.8 Å². The number of piperidine rings is 1. The van der Waals surface area contributed by atoms with E-state index in [0.29, 0.717) is 57.7 Å². The van der Waals surface area contributed by atoms with E-state index in [2.05, 4.69) is 27.2 Å². The number of nitrogens with zero attached hydrogens (tertiary/aromatic N) is 4. The fourth-order valence-electron chi connectivity index (χ4n) is 4.71. The summed E-state index contributed by atoms with van der Waals surface area (Å²) in [5.74, 6) is 0.0123. The number of fused-ring (bicyclic) bond motifs is 1. The molecule has 1 aliphatic heterocycles. The zero-order chi connectivity index (χ0) is 24.5. The largest absolute Gasteiger partial charge is 0.424 e. The van der Waals surface area contributed by atoms with Gasteiger partial charge in [0.1, 0.15) is 11.3 Å². The Morgan fingerprint density at radius 1 is 1.26 bits per heavy atom. The van der Waals surface area contributed by atoms with Gasteiger partial charge in [-0.3, -0.25) is 4.79 Å². The standard InChI is InChI=1S/C26H25ClFN5O2/c1-15-5-3-12-33(21(15)14-31-26-32-20-9-6-17(27)13-22(20)35-26)25(34)18-7-8-19(28)16(2)23(18)24-29-10-4-11-30-24/h4,6-11,13,15,21H,3,5,12,14H2,1-2H3,(H,31,32). The van der Waals surface area contributed by atoms with Crippen molar-refractivity contribution in [2.45, 2.75) is 32.7 Å². The molecule has 1 saturated heterocycles. The number of carbonyl (C=O) groups is 1. The lowest BCUT2D eigenvalue weighted by atomic mass is 9.89. The van der Waals surface area contributed by atoms with Gasteiger partial charge in [-0.25, -0.2) is 14.4 Å². The van der Waals surface area contributed by atoms with Gasteiger partial charge in [-0.2, -0.15) is 4.98 Å². The van der Waals surface area contributed by atoms with Crippen molar-refractivity contribution in [2.75, 3.05) is 18.4 Å². The Bertz CT molecular complexity index is 1380. The number of benzene rings is 2. The van der Waals surface area contributed by atoms with Gasteiger partial charge < -0.3 is 14.6 Å². The molecule has 7 nitrogen and oxygen atoms in total. The van der Waals surface area contributed by atoms with Gasteiger partial charge >= 0.3 is 0 Å². The van der Waals surface area contributed by atoms with Crippen molar-refractivity contribution in [3.63, 3.8) is 0 Å². The van der Waals surface area contributed by atoms with Crippen LogP contribution in [0.5, 0.6) is 0 Å². The van der Waals surface area contributed by atoms with Crippen LogP contribution in [0.25, 0.3) is 22.5 Å². The van der Waals surface area contributed by atoms with Crippen LogP contribution in [-0.2, 0) is 0 Å². The van der Waals surface area contributed by atoms with Gasteiger partial charge in [0.2, 0.25) is 0 Å². The summed E-state index contributed by atoms with van der Waals surface area (Å²) in [5, 5.41) is 3.83. The number of hydrogen-bond donors (Lipinski definition) is 1. The average Bonchev–Trinajstić information content (AvgIpc) is 3.26. The summed E-state index contributed by atoms with van der Waals surface area (Å²) < 4.78 is 20.3. The summed E-state index contributed by atoms with van der Waals surface area (Å²) >= 11 is 6.05. The number of carbonyl (C=O) groups excluding carboxylic acids is 1. The normalized spacial score (nSPS) is 18.1. The number of aromatic nitrogens is 3. The van der Waals surface area contributed by atoms with E-state index in [1.165, 1.54) is 12.1 Å². The third kappa shape index (κ3) is 4.58. The van der Waals surface area contributed by atoms with E-state index in [9.17, 15) is 9.18 Å². The molecule has 2 unspecified atom stereocenters. The number of oxazole rings is 1. The summed E-state index contributed by atoms with van der Waals surface area (Å²) in [6.45, 7) is 4.85. The van der Waals surface area contributed by atoms with Gasteiger partial charge in [-0.15, -0.1) is 0 Å². The quantitative estimate of drug-likeness (QED) is 0.381. The Morgan fingerprint density at radius 3 is 2.86 bits per heavy atom. The third-order valence-corrected chi connectivity index (χ3v) is 6.84. The molecule has 1 fully saturated rings. The molecule has 0 bridgehead atoms. The lowest BCUT2D eigenvalue weighted by molar-refractivity contribution is 0.0540. The Hall–Kier alpha value is -3.52. The number of halogens is 2. The molecule has 3 heterocycles. The molecule has 2 aromatic heterocycles. The van der Waals surface area contributed by atoms with Gasteiger partial charge in [0.15, 0.2) is 11.4 Å². The van der Waals surface area contributed by atoms with Crippen LogP contribution in [0, 0.1) is 18.7 Å². The first-order chi connectivity index (χ1) is 16.9. The molecule has 0 saturated carbocycles. The first kappa shape index (κ1) is 23.2. The number of nitrogens with one attached hydrogen (secondary N) is 1. The zero-order valence-corrected chi connectivity index (χ0v) is 20.2. The van der Waals surface area contributed by atoms with Crippen molar-refractivity contribution in [1.82, 2.24) is 19.9 Å².